The Morgan fingerprint density at radius 2 is 1.20 bits per heavy atom. The quantitative estimate of drug-likeness (QED) is 0.440. The summed E-state index contributed by atoms with van der Waals surface area (Å²) in [6, 6.07) is 0. The van der Waals surface area contributed by atoms with Gasteiger partial charge in [0.15, 0.2) is 0 Å². The zero-order chi connectivity index (χ0) is 13.6. The molecular formula is C16H25Br2SiZr. The molecule has 0 radical (unpaired) electrons. The molecule has 4 heteroatoms. The largest absolute Gasteiger partial charge is 1.00 e. The second-order valence-corrected chi connectivity index (χ2v) is 27.8. The molecule has 111 valence electrons. The second kappa shape index (κ2) is 7.53. The van der Waals surface area contributed by atoms with Gasteiger partial charge in [-0.25, -0.2) is 0 Å². The molecule has 2 aliphatic carbocycles. The van der Waals surface area contributed by atoms with E-state index in [-0.39, 0.29) is 34.0 Å². The third kappa shape index (κ3) is 3.34. The Balaban J connectivity index is 0.00000180. The van der Waals surface area contributed by atoms with E-state index in [0.717, 1.165) is 0 Å². The summed E-state index contributed by atoms with van der Waals surface area (Å²) in [5, 5.41) is 0. The maximum atomic E-state index is 2.59. The van der Waals surface area contributed by atoms with Crippen molar-refractivity contribution < 1.29 is 54.9 Å². The van der Waals surface area contributed by atoms with Crippen molar-refractivity contribution in [2.75, 3.05) is 0 Å². The Morgan fingerprint density at radius 1 is 0.850 bits per heavy atom. The standard InChI is InChI=1S/2C7H9.C2H7Si.2BrH.Zr/c2*1-6-4-3-5-7(6)2;1-3-2;;;/h2*3-5H,1-2H3;3H,1-2H3;2*1H;/q;;;;;+2/p-2. The van der Waals surface area contributed by atoms with Gasteiger partial charge < -0.3 is 34.0 Å². The van der Waals surface area contributed by atoms with Gasteiger partial charge in [0.2, 0.25) is 0 Å². The van der Waals surface area contributed by atoms with Gasteiger partial charge in [0.25, 0.3) is 0 Å². The number of allylic oxidation sites excluding steroid dienone is 8. The van der Waals surface area contributed by atoms with Crippen LogP contribution in [0.4, 0.5) is 0 Å². The number of hydrogen-bond acceptors (Lipinski definition) is 0. The third-order valence-corrected chi connectivity index (χ3v) is 29.9. The fourth-order valence-electron chi connectivity index (χ4n) is 3.72. The van der Waals surface area contributed by atoms with Gasteiger partial charge in [0, 0.05) is 0 Å². The zero-order valence-corrected chi connectivity index (χ0v) is 20.1. The van der Waals surface area contributed by atoms with Crippen LogP contribution in [0.25, 0.3) is 0 Å². The average Bonchev–Trinajstić information content (AvgIpc) is 2.74. The van der Waals surface area contributed by atoms with Crippen LogP contribution in [-0.2, 0) is 20.9 Å². The summed E-state index contributed by atoms with van der Waals surface area (Å²) in [7, 11) is 0. The van der Waals surface area contributed by atoms with Crippen molar-refractivity contribution in [1.29, 1.82) is 0 Å². The molecule has 2 atom stereocenters. The van der Waals surface area contributed by atoms with Crippen LogP contribution in [0, 0.1) is 0 Å². The first-order valence-electron chi connectivity index (χ1n) is 6.93. The Hall–Kier alpha value is 1.02. The van der Waals surface area contributed by atoms with E-state index in [0.29, 0.717) is 6.25 Å². The van der Waals surface area contributed by atoms with Crippen LogP contribution >= 0.6 is 0 Å². The molecule has 0 aromatic rings. The van der Waals surface area contributed by atoms with Crippen LogP contribution in [0.15, 0.2) is 47.6 Å². The minimum Gasteiger partial charge on any atom is -1.00 e. The summed E-state index contributed by atoms with van der Waals surface area (Å²) in [5.74, 6) is -0.590. The van der Waals surface area contributed by atoms with Gasteiger partial charge in [-0.1, -0.05) is 0 Å². The van der Waals surface area contributed by atoms with E-state index >= 15 is 0 Å². The molecule has 0 bridgehead atoms. The Labute approximate surface area is 154 Å². The van der Waals surface area contributed by atoms with Crippen molar-refractivity contribution in [3.05, 3.63) is 47.6 Å². The Morgan fingerprint density at radius 3 is 1.40 bits per heavy atom. The summed E-state index contributed by atoms with van der Waals surface area (Å²) < 4.78 is 0.891. The molecular weight excluding hydrogens is 471 g/mol. The van der Waals surface area contributed by atoms with E-state index in [2.05, 4.69) is 77.2 Å². The van der Waals surface area contributed by atoms with Crippen molar-refractivity contribution in [1.82, 2.24) is 0 Å². The topological polar surface area (TPSA) is 0 Å². The number of hydrogen-bond donors (Lipinski definition) is 0. The molecule has 0 amide bonds. The van der Waals surface area contributed by atoms with Gasteiger partial charge in [-0.05, 0) is 0 Å². The van der Waals surface area contributed by atoms with E-state index in [1.165, 1.54) is 0 Å². The van der Waals surface area contributed by atoms with Gasteiger partial charge in [-0.2, -0.15) is 0 Å². The Kier molecular flexibility index (Phi) is 7.91. The van der Waals surface area contributed by atoms with Gasteiger partial charge >= 0.3 is 121 Å². The molecule has 20 heavy (non-hydrogen) atoms. The minimum atomic E-state index is -1.63. The van der Waals surface area contributed by atoms with Crippen LogP contribution in [0.1, 0.15) is 27.7 Å². The predicted molar refractivity (Wildman–Crippen MR) is 81.4 cm³/mol. The fourth-order valence-corrected chi connectivity index (χ4v) is 34.1. The summed E-state index contributed by atoms with van der Waals surface area (Å²) in [6.07, 6.45) is 14.3. The van der Waals surface area contributed by atoms with Crippen LogP contribution in [0.5, 0.6) is 0 Å². The zero-order valence-electron chi connectivity index (χ0n) is 13.3. The normalized spacial score (nSPS) is 30.8. The Bertz CT molecular complexity index is 439. The minimum absolute atomic E-state index is 0. The first-order valence-corrected chi connectivity index (χ1v) is 16.5. The van der Waals surface area contributed by atoms with Crippen molar-refractivity contribution in [3.63, 3.8) is 0 Å². The molecule has 0 fully saturated rings. The summed E-state index contributed by atoms with van der Waals surface area (Å²) in [4.78, 5) is 0. The van der Waals surface area contributed by atoms with Crippen LogP contribution in [0.3, 0.4) is 0 Å². The van der Waals surface area contributed by atoms with Crippen LogP contribution in [-0.4, -0.2) is 5.92 Å². The SMILES string of the molecule is CC1=CC=C[C]1(C)[Zr+2]([SiH](C)C)[C]1(C)C=CC=C1C.[Br-].[Br-]. The van der Waals surface area contributed by atoms with Crippen LogP contribution in [0.2, 0.25) is 19.3 Å². The third-order valence-electron chi connectivity index (χ3n) is 4.89. The van der Waals surface area contributed by atoms with Gasteiger partial charge in [0.1, 0.15) is 0 Å². The fraction of sp³-hybridized carbons (Fsp3) is 0.500. The van der Waals surface area contributed by atoms with Gasteiger partial charge in [0.05, 0.1) is 0 Å². The molecule has 2 rings (SSSR count). The molecule has 0 saturated carbocycles. The average molecular weight is 496 g/mol. The van der Waals surface area contributed by atoms with E-state index in [1.807, 2.05) is 0 Å². The molecule has 0 nitrogen and oxygen atoms in total. The summed E-state index contributed by atoms with van der Waals surface area (Å²) in [6.45, 7) is 14.9. The number of rotatable bonds is 3. The van der Waals surface area contributed by atoms with E-state index < -0.39 is 26.8 Å². The maximum Gasteiger partial charge on any atom is -1.00 e. The molecule has 0 saturated heterocycles. The molecule has 2 aliphatic rings. The molecule has 0 heterocycles. The van der Waals surface area contributed by atoms with E-state index in [4.69, 9.17) is 0 Å². The molecule has 0 N–H and O–H groups in total. The van der Waals surface area contributed by atoms with Crippen molar-refractivity contribution >= 4 is 5.92 Å². The van der Waals surface area contributed by atoms with Gasteiger partial charge in [-0.3, -0.25) is 0 Å². The predicted octanol–water partition coefficient (Wildman–Crippen LogP) is -1.01. The van der Waals surface area contributed by atoms with Gasteiger partial charge in [-0.15, -0.1) is 0 Å². The first kappa shape index (κ1) is 21.0. The second-order valence-electron chi connectivity index (χ2n) is 6.39. The molecule has 0 aliphatic heterocycles. The molecule has 0 aromatic carbocycles. The maximum absolute atomic E-state index is 2.59. The van der Waals surface area contributed by atoms with Crippen molar-refractivity contribution in [2.45, 2.75) is 47.0 Å². The summed E-state index contributed by atoms with van der Waals surface area (Å²) in [5.41, 5.74) is 3.24. The smallest absolute Gasteiger partial charge is 1.00 e. The van der Waals surface area contributed by atoms with E-state index in [1.54, 1.807) is 11.1 Å². The van der Waals surface area contributed by atoms with Crippen molar-refractivity contribution in [3.8, 4) is 0 Å². The van der Waals surface area contributed by atoms with E-state index in [9.17, 15) is 0 Å². The molecule has 2 unspecified atom stereocenters. The number of halogens is 2. The monoisotopic (exact) mass is 493 g/mol. The van der Waals surface area contributed by atoms with Crippen LogP contribution < -0.4 is 34.0 Å². The first-order chi connectivity index (χ1) is 8.32. The molecule has 0 spiro atoms. The summed E-state index contributed by atoms with van der Waals surface area (Å²) >= 11 is -1.63. The molecule has 0 aromatic heterocycles. The van der Waals surface area contributed by atoms with Crippen molar-refractivity contribution in [2.24, 2.45) is 0 Å².